The number of ether oxygens (including phenoxy) is 2. The van der Waals surface area contributed by atoms with Crippen molar-refractivity contribution in [2.24, 2.45) is 0 Å². The third-order valence-electron chi connectivity index (χ3n) is 2.05. The smallest absolute Gasteiger partial charge is 0.219 e. The van der Waals surface area contributed by atoms with Gasteiger partial charge in [-0.25, -0.2) is 0 Å². The van der Waals surface area contributed by atoms with Crippen molar-refractivity contribution in [3.8, 4) is 0 Å². The lowest BCUT2D eigenvalue weighted by molar-refractivity contribution is 0.0594. The second-order valence-corrected chi connectivity index (χ2v) is 4.38. The monoisotopic (exact) mass is 254 g/mol. The van der Waals surface area contributed by atoms with Gasteiger partial charge in [0.05, 0.1) is 19.8 Å². The summed E-state index contributed by atoms with van der Waals surface area (Å²) in [6.45, 7) is 4.46. The van der Waals surface area contributed by atoms with Crippen LogP contribution in [0.3, 0.4) is 0 Å². The van der Waals surface area contributed by atoms with Gasteiger partial charge in [-0.05, 0) is 6.92 Å². The summed E-state index contributed by atoms with van der Waals surface area (Å²) >= 11 is 1.29. The van der Waals surface area contributed by atoms with E-state index in [0.717, 1.165) is 5.56 Å². The highest BCUT2D eigenvalue weighted by Crippen LogP contribution is 2.11. The summed E-state index contributed by atoms with van der Waals surface area (Å²) in [7, 11) is 0. The molecule has 0 bridgehead atoms. The first-order chi connectivity index (χ1) is 8.34. The highest BCUT2D eigenvalue weighted by atomic mass is 32.2. The highest BCUT2D eigenvalue weighted by molar-refractivity contribution is 8.14. The number of rotatable bonds is 8. The lowest BCUT2D eigenvalue weighted by Gasteiger charge is -2.04. The van der Waals surface area contributed by atoms with E-state index >= 15 is 0 Å². The fourth-order valence-electron chi connectivity index (χ4n) is 1.22. The van der Waals surface area contributed by atoms with Gasteiger partial charge < -0.3 is 9.47 Å². The first-order valence-corrected chi connectivity index (χ1v) is 6.71. The number of hydrogen-bond donors (Lipinski definition) is 0. The number of hydrogen-bond acceptors (Lipinski definition) is 4. The van der Waals surface area contributed by atoms with Crippen LogP contribution in [0, 0.1) is 0 Å². The van der Waals surface area contributed by atoms with E-state index in [9.17, 15) is 4.79 Å². The van der Waals surface area contributed by atoms with E-state index in [2.05, 4.69) is 0 Å². The SMILES string of the molecule is CCOCCOCCSC(=O)c1ccccc1. The minimum absolute atomic E-state index is 0.0963. The van der Waals surface area contributed by atoms with Crippen LogP contribution in [0.4, 0.5) is 0 Å². The van der Waals surface area contributed by atoms with Gasteiger partial charge in [-0.2, -0.15) is 0 Å². The van der Waals surface area contributed by atoms with Crippen molar-refractivity contribution in [1.29, 1.82) is 0 Å². The largest absolute Gasteiger partial charge is 0.379 e. The molecule has 17 heavy (non-hydrogen) atoms. The zero-order valence-electron chi connectivity index (χ0n) is 10.1. The maximum Gasteiger partial charge on any atom is 0.219 e. The Morgan fingerprint density at radius 3 is 2.53 bits per heavy atom. The first-order valence-electron chi connectivity index (χ1n) is 5.72. The molecule has 0 spiro atoms. The van der Waals surface area contributed by atoms with Crippen molar-refractivity contribution in [3.05, 3.63) is 35.9 Å². The molecule has 1 aromatic rings. The molecular formula is C13H18O3S. The van der Waals surface area contributed by atoms with Crippen molar-refractivity contribution in [1.82, 2.24) is 0 Å². The molecule has 4 heteroatoms. The normalized spacial score (nSPS) is 10.4. The van der Waals surface area contributed by atoms with Crippen molar-refractivity contribution in [3.63, 3.8) is 0 Å². The second-order valence-electron chi connectivity index (χ2n) is 3.31. The van der Waals surface area contributed by atoms with Crippen LogP contribution < -0.4 is 0 Å². The van der Waals surface area contributed by atoms with Crippen LogP contribution in [0.1, 0.15) is 17.3 Å². The molecule has 0 aliphatic rings. The quantitative estimate of drug-likeness (QED) is 0.668. The molecule has 1 rings (SSSR count). The average molecular weight is 254 g/mol. The average Bonchev–Trinajstić information content (AvgIpc) is 2.38. The molecule has 94 valence electrons. The van der Waals surface area contributed by atoms with Crippen molar-refractivity contribution in [2.45, 2.75) is 6.92 Å². The summed E-state index contributed by atoms with van der Waals surface area (Å²) in [6.07, 6.45) is 0. The maximum atomic E-state index is 11.7. The molecule has 0 heterocycles. The molecule has 0 radical (unpaired) electrons. The molecule has 0 aliphatic heterocycles. The topological polar surface area (TPSA) is 35.5 Å². The van der Waals surface area contributed by atoms with Gasteiger partial charge in [0.2, 0.25) is 5.12 Å². The number of carbonyl (C=O) groups is 1. The zero-order chi connectivity index (χ0) is 12.3. The minimum atomic E-state index is 0.0963. The number of carbonyl (C=O) groups excluding carboxylic acids is 1. The summed E-state index contributed by atoms with van der Waals surface area (Å²) in [6, 6.07) is 9.29. The highest BCUT2D eigenvalue weighted by Gasteiger charge is 2.04. The van der Waals surface area contributed by atoms with E-state index in [1.165, 1.54) is 11.8 Å². The summed E-state index contributed by atoms with van der Waals surface area (Å²) in [5.74, 6) is 0.680. The Bertz CT molecular complexity index is 314. The van der Waals surface area contributed by atoms with E-state index in [4.69, 9.17) is 9.47 Å². The van der Waals surface area contributed by atoms with Crippen molar-refractivity contribution in [2.75, 3.05) is 32.2 Å². The van der Waals surface area contributed by atoms with Gasteiger partial charge >= 0.3 is 0 Å². The molecule has 1 aromatic carbocycles. The molecular weight excluding hydrogens is 236 g/mol. The lowest BCUT2D eigenvalue weighted by atomic mass is 10.2. The van der Waals surface area contributed by atoms with Crippen molar-refractivity contribution < 1.29 is 14.3 Å². The van der Waals surface area contributed by atoms with Crippen LogP contribution in [0.15, 0.2) is 30.3 Å². The minimum Gasteiger partial charge on any atom is -0.379 e. The summed E-state index contributed by atoms with van der Waals surface area (Å²) in [5.41, 5.74) is 0.742. The van der Waals surface area contributed by atoms with Gasteiger partial charge in [-0.15, -0.1) is 0 Å². The Balaban J connectivity index is 2.05. The van der Waals surface area contributed by atoms with Gasteiger partial charge in [0, 0.05) is 17.9 Å². The van der Waals surface area contributed by atoms with E-state index in [1.54, 1.807) is 0 Å². The number of thioether (sulfide) groups is 1. The van der Waals surface area contributed by atoms with Crippen LogP contribution >= 0.6 is 11.8 Å². The van der Waals surface area contributed by atoms with Gasteiger partial charge in [0.25, 0.3) is 0 Å². The predicted molar refractivity (Wildman–Crippen MR) is 70.5 cm³/mol. The maximum absolute atomic E-state index is 11.7. The molecule has 0 aliphatic carbocycles. The summed E-state index contributed by atoms with van der Waals surface area (Å²) in [5, 5.41) is 0.0963. The lowest BCUT2D eigenvalue weighted by Crippen LogP contribution is -2.07. The molecule has 0 amide bonds. The van der Waals surface area contributed by atoms with Crippen molar-refractivity contribution >= 4 is 16.9 Å². The van der Waals surface area contributed by atoms with E-state index in [-0.39, 0.29) is 5.12 Å². The molecule has 0 atom stereocenters. The Morgan fingerprint density at radius 1 is 1.12 bits per heavy atom. The second kappa shape index (κ2) is 9.22. The summed E-state index contributed by atoms with van der Waals surface area (Å²) in [4.78, 5) is 11.7. The summed E-state index contributed by atoms with van der Waals surface area (Å²) < 4.78 is 10.5. The molecule has 0 saturated heterocycles. The Morgan fingerprint density at radius 2 is 1.82 bits per heavy atom. The van der Waals surface area contributed by atoms with Crippen LogP contribution in [0.25, 0.3) is 0 Å². The van der Waals surface area contributed by atoms with Crippen LogP contribution in [-0.2, 0) is 9.47 Å². The van der Waals surface area contributed by atoms with E-state index < -0.39 is 0 Å². The predicted octanol–water partition coefficient (Wildman–Crippen LogP) is 2.61. The Hall–Kier alpha value is -0.840. The third-order valence-corrected chi connectivity index (χ3v) is 2.92. The van der Waals surface area contributed by atoms with E-state index in [1.807, 2.05) is 37.3 Å². The molecule has 0 aromatic heterocycles. The Labute approximate surface area is 106 Å². The van der Waals surface area contributed by atoms with Crippen LogP contribution in [0.5, 0.6) is 0 Å². The zero-order valence-corrected chi connectivity index (χ0v) is 10.9. The molecule has 0 saturated carbocycles. The van der Waals surface area contributed by atoms with Gasteiger partial charge in [-0.3, -0.25) is 4.79 Å². The fourth-order valence-corrected chi connectivity index (χ4v) is 1.90. The van der Waals surface area contributed by atoms with Gasteiger partial charge in [0.1, 0.15) is 0 Å². The third kappa shape index (κ3) is 6.46. The molecule has 0 unspecified atom stereocenters. The fraction of sp³-hybridized carbons (Fsp3) is 0.462. The molecule has 0 N–H and O–H groups in total. The molecule has 3 nitrogen and oxygen atoms in total. The first kappa shape index (κ1) is 14.2. The molecule has 0 fully saturated rings. The van der Waals surface area contributed by atoms with E-state index in [0.29, 0.717) is 32.2 Å². The standard InChI is InChI=1S/C13H18O3S/c1-2-15-8-9-16-10-11-17-13(14)12-6-4-3-5-7-12/h3-7H,2,8-11H2,1H3. The Kier molecular flexibility index (Phi) is 7.71. The van der Waals surface area contributed by atoms with Gasteiger partial charge in [0.15, 0.2) is 0 Å². The van der Waals surface area contributed by atoms with Crippen LogP contribution in [-0.4, -0.2) is 37.3 Å². The van der Waals surface area contributed by atoms with Crippen LogP contribution in [0.2, 0.25) is 0 Å². The number of benzene rings is 1. The van der Waals surface area contributed by atoms with Gasteiger partial charge in [-0.1, -0.05) is 42.1 Å².